The molecule has 0 saturated heterocycles. The van der Waals surface area contributed by atoms with E-state index in [0.29, 0.717) is 0 Å². The summed E-state index contributed by atoms with van der Waals surface area (Å²) in [7, 11) is 0. The molecule has 0 atom stereocenters. The van der Waals surface area contributed by atoms with E-state index in [2.05, 4.69) is 4.98 Å². The van der Waals surface area contributed by atoms with Gasteiger partial charge in [-0.05, 0) is 6.92 Å². The highest BCUT2D eigenvalue weighted by atomic mass is 35.5. The Balaban J connectivity index is 3.13. The first kappa shape index (κ1) is 5.57. The Hall–Kier alpha value is -0.560. The summed E-state index contributed by atoms with van der Waals surface area (Å²) in [5, 5.41) is 0.809. The van der Waals surface area contributed by atoms with Crippen molar-refractivity contribution in [2.45, 2.75) is 6.92 Å². The van der Waals surface area contributed by atoms with Gasteiger partial charge in [-0.1, -0.05) is 11.6 Å². The minimum atomic E-state index is 0.809. The molecule has 1 N–H and O–H groups in total. The summed E-state index contributed by atoms with van der Waals surface area (Å²) < 4.78 is 0. The van der Waals surface area contributed by atoms with E-state index < -0.39 is 0 Å². The number of H-pyrrole nitrogens is 1. The predicted molar refractivity (Wildman–Crippen MR) is 32.7 cm³/mol. The van der Waals surface area contributed by atoms with Gasteiger partial charge < -0.3 is 0 Å². The molecule has 2 heteroatoms. The van der Waals surface area contributed by atoms with Crippen LogP contribution in [0, 0.1) is 6.92 Å². The maximum atomic E-state index is 5.69. The molecule has 0 amide bonds. The maximum absolute atomic E-state index is 5.69. The van der Waals surface area contributed by atoms with E-state index in [1.54, 1.807) is 6.20 Å². The molecule has 1 nitrogen and oxygen atoms in total. The molecular formula is C6H7ClN+. The number of aromatic amines is 1. The molecule has 1 aromatic rings. The molecule has 0 aliphatic heterocycles. The van der Waals surface area contributed by atoms with Crippen LogP contribution < -0.4 is 4.98 Å². The van der Waals surface area contributed by atoms with Gasteiger partial charge in [0.2, 0.25) is 0 Å². The molecule has 8 heavy (non-hydrogen) atoms. The van der Waals surface area contributed by atoms with E-state index in [1.165, 1.54) is 0 Å². The van der Waals surface area contributed by atoms with Crippen LogP contribution in [0.5, 0.6) is 0 Å². The third kappa shape index (κ3) is 0.984. The van der Waals surface area contributed by atoms with Gasteiger partial charge in [0.05, 0.1) is 5.02 Å². The van der Waals surface area contributed by atoms with Crippen LogP contribution in [0.25, 0.3) is 0 Å². The van der Waals surface area contributed by atoms with Gasteiger partial charge in [-0.2, -0.15) is 0 Å². The topological polar surface area (TPSA) is 14.1 Å². The zero-order valence-corrected chi connectivity index (χ0v) is 5.37. The summed E-state index contributed by atoms with van der Waals surface area (Å²) >= 11 is 5.69. The summed E-state index contributed by atoms with van der Waals surface area (Å²) in [6.07, 6.45) is 3.66. The molecule has 0 unspecified atom stereocenters. The molecular weight excluding hydrogens is 122 g/mol. The van der Waals surface area contributed by atoms with Crippen LogP contribution in [0.15, 0.2) is 18.5 Å². The highest BCUT2D eigenvalue weighted by molar-refractivity contribution is 6.31. The fraction of sp³-hybridized carbons (Fsp3) is 0.167. The van der Waals surface area contributed by atoms with Crippen LogP contribution in [0.4, 0.5) is 0 Å². The first-order valence-corrected chi connectivity index (χ1v) is 2.80. The Morgan fingerprint density at radius 2 is 2.38 bits per heavy atom. The number of halogens is 1. The van der Waals surface area contributed by atoms with Crippen molar-refractivity contribution in [1.29, 1.82) is 0 Å². The second kappa shape index (κ2) is 2.14. The average Bonchev–Trinajstić information content (AvgIpc) is 1.77. The lowest BCUT2D eigenvalue weighted by Gasteiger charge is -1.85. The van der Waals surface area contributed by atoms with Gasteiger partial charge in [0.15, 0.2) is 12.4 Å². The Labute approximate surface area is 53.3 Å². The SMILES string of the molecule is Cc1c[nH+]ccc1Cl. The second-order valence-corrected chi connectivity index (χ2v) is 2.08. The molecule has 1 rings (SSSR count). The van der Waals surface area contributed by atoms with Crippen molar-refractivity contribution in [2.75, 3.05) is 0 Å². The zero-order chi connectivity index (χ0) is 5.98. The first-order chi connectivity index (χ1) is 3.80. The van der Waals surface area contributed by atoms with E-state index in [9.17, 15) is 0 Å². The fourth-order valence-electron chi connectivity index (χ4n) is 0.495. The van der Waals surface area contributed by atoms with Gasteiger partial charge in [-0.3, -0.25) is 0 Å². The van der Waals surface area contributed by atoms with Crippen LogP contribution in [0.2, 0.25) is 5.02 Å². The lowest BCUT2D eigenvalue weighted by atomic mass is 10.3. The number of nitrogens with one attached hydrogen (secondary N) is 1. The van der Waals surface area contributed by atoms with E-state index in [4.69, 9.17) is 11.6 Å². The fourth-order valence-corrected chi connectivity index (χ4v) is 0.612. The van der Waals surface area contributed by atoms with Crippen LogP contribution in [0.3, 0.4) is 0 Å². The smallest absolute Gasteiger partial charge is 0.171 e. The lowest BCUT2D eigenvalue weighted by Crippen LogP contribution is -1.98. The molecule has 42 valence electrons. The van der Waals surface area contributed by atoms with Crippen molar-refractivity contribution in [2.24, 2.45) is 0 Å². The summed E-state index contributed by atoms with van der Waals surface area (Å²) in [5.74, 6) is 0. The first-order valence-electron chi connectivity index (χ1n) is 2.43. The molecule has 0 fully saturated rings. The quantitative estimate of drug-likeness (QED) is 0.503. The highest BCUT2D eigenvalue weighted by Gasteiger charge is 1.92. The average molecular weight is 129 g/mol. The van der Waals surface area contributed by atoms with Crippen LogP contribution >= 0.6 is 11.6 Å². The monoisotopic (exact) mass is 128 g/mol. The Kier molecular flexibility index (Phi) is 1.49. The maximum Gasteiger partial charge on any atom is 0.171 e. The van der Waals surface area contributed by atoms with Crippen molar-refractivity contribution in [3.05, 3.63) is 29.0 Å². The molecule has 0 spiro atoms. The van der Waals surface area contributed by atoms with Gasteiger partial charge in [0.1, 0.15) is 0 Å². The van der Waals surface area contributed by atoms with Gasteiger partial charge in [-0.25, -0.2) is 4.98 Å². The highest BCUT2D eigenvalue weighted by Crippen LogP contribution is 2.08. The number of pyridine rings is 1. The third-order valence-corrected chi connectivity index (χ3v) is 1.43. The van der Waals surface area contributed by atoms with Crippen molar-refractivity contribution in [3.8, 4) is 0 Å². The molecule has 0 bridgehead atoms. The predicted octanol–water partition coefficient (Wildman–Crippen LogP) is 1.46. The largest absolute Gasteiger partial charge is 0.217 e. The zero-order valence-electron chi connectivity index (χ0n) is 4.61. The third-order valence-electron chi connectivity index (χ3n) is 1.00. The number of aryl methyl sites for hydroxylation is 1. The Morgan fingerprint density at radius 3 is 2.75 bits per heavy atom. The Morgan fingerprint density at radius 1 is 1.62 bits per heavy atom. The lowest BCUT2D eigenvalue weighted by molar-refractivity contribution is -0.378. The summed E-state index contributed by atoms with van der Waals surface area (Å²) in [4.78, 5) is 2.92. The van der Waals surface area contributed by atoms with Crippen molar-refractivity contribution < 1.29 is 4.98 Å². The normalized spacial score (nSPS) is 9.25. The standard InChI is InChI=1S/C6H6ClN/c1-5-4-8-3-2-6(5)7/h2-4H,1H3/p+1. The molecule has 1 aromatic heterocycles. The van der Waals surface area contributed by atoms with Crippen molar-refractivity contribution >= 4 is 11.6 Å². The molecule has 0 saturated carbocycles. The summed E-state index contributed by atoms with van der Waals surface area (Å²) in [6.45, 7) is 1.96. The van der Waals surface area contributed by atoms with E-state index in [-0.39, 0.29) is 0 Å². The van der Waals surface area contributed by atoms with Crippen molar-refractivity contribution in [1.82, 2.24) is 0 Å². The summed E-state index contributed by atoms with van der Waals surface area (Å²) in [5.41, 5.74) is 1.08. The van der Waals surface area contributed by atoms with Gasteiger partial charge >= 0.3 is 0 Å². The molecule has 0 aromatic carbocycles. The molecule has 0 aliphatic carbocycles. The van der Waals surface area contributed by atoms with Gasteiger partial charge in [0, 0.05) is 11.6 Å². The minimum absolute atomic E-state index is 0.809. The van der Waals surface area contributed by atoms with E-state index in [0.717, 1.165) is 10.6 Å². The van der Waals surface area contributed by atoms with Crippen LogP contribution in [-0.2, 0) is 0 Å². The van der Waals surface area contributed by atoms with Gasteiger partial charge in [0.25, 0.3) is 0 Å². The number of rotatable bonds is 0. The molecule has 0 aliphatic rings. The molecule has 0 radical (unpaired) electrons. The van der Waals surface area contributed by atoms with E-state index >= 15 is 0 Å². The van der Waals surface area contributed by atoms with Gasteiger partial charge in [-0.15, -0.1) is 0 Å². The second-order valence-electron chi connectivity index (χ2n) is 1.68. The van der Waals surface area contributed by atoms with Crippen molar-refractivity contribution in [3.63, 3.8) is 0 Å². The number of hydrogen-bond acceptors (Lipinski definition) is 0. The van der Waals surface area contributed by atoms with E-state index in [1.807, 2.05) is 19.2 Å². The number of hydrogen-bond donors (Lipinski definition) is 0. The van der Waals surface area contributed by atoms with Crippen LogP contribution in [0.1, 0.15) is 5.56 Å². The number of aromatic nitrogens is 1. The van der Waals surface area contributed by atoms with Crippen LogP contribution in [-0.4, -0.2) is 0 Å². The Bertz CT molecular complexity index is 165. The molecule has 1 heterocycles. The minimum Gasteiger partial charge on any atom is -0.217 e. The summed E-state index contributed by atoms with van der Waals surface area (Å²) in [6, 6.07) is 1.83.